The van der Waals surface area contributed by atoms with E-state index in [1.807, 2.05) is 88.4 Å². The zero-order chi connectivity index (χ0) is 91.8. The summed E-state index contributed by atoms with van der Waals surface area (Å²) in [4.78, 5) is 135. The van der Waals surface area contributed by atoms with Crippen LogP contribution in [0.3, 0.4) is 0 Å². The summed E-state index contributed by atoms with van der Waals surface area (Å²) in [6.07, 6.45) is 5.41. The molecule has 5 heterocycles. The summed E-state index contributed by atoms with van der Waals surface area (Å²) in [6.45, 7) is 13.1. The molecule has 5 aromatic carbocycles. The van der Waals surface area contributed by atoms with E-state index in [0.29, 0.717) is 112 Å². The van der Waals surface area contributed by atoms with Gasteiger partial charge in [-0.1, -0.05) is 71.4 Å². The molecule has 0 radical (unpaired) electrons. The Morgan fingerprint density at radius 2 is 0.815 bits per heavy atom. The molecule has 0 atom stereocenters. The van der Waals surface area contributed by atoms with Crippen molar-refractivity contribution in [3.63, 3.8) is 0 Å². The number of anilines is 5. The van der Waals surface area contributed by atoms with Crippen LogP contribution >= 0.6 is 145 Å². The molecule has 33 nitrogen and oxygen atoms in total. The average molecular weight is 2530 g/mol. The second-order valence-corrected chi connectivity index (χ2v) is 45.2. The van der Waals surface area contributed by atoms with Gasteiger partial charge in [-0.05, 0) is 196 Å². The molecule has 672 valence electrons. The number of unbranched alkanes of at least 4 members (excludes halogenated alkanes) is 1. The van der Waals surface area contributed by atoms with E-state index in [1.165, 1.54) is 33.1 Å². The van der Waals surface area contributed by atoms with Crippen LogP contribution in [-0.2, 0) is 50.2 Å². The Kier molecular flexibility index (Phi) is 56.2. The molecule has 1 amide bonds. The molecular formula is C82H103I7N19O14S2-. The molecule has 0 saturated carbocycles. The van der Waals surface area contributed by atoms with E-state index in [-0.39, 0.29) is 84.5 Å². The number of aromatic amines is 1. The third-order valence-electron chi connectivity index (χ3n) is 18.2. The number of pyridine rings is 5. The molecule has 0 unspecified atom stereocenters. The molecule has 0 aliphatic rings. The fraction of sp³-hybridized carbons (Fsp3) is 0.366. The van der Waals surface area contributed by atoms with E-state index in [2.05, 4.69) is 169 Å². The second-order valence-electron chi connectivity index (χ2n) is 27.5. The molecule has 0 saturated heterocycles. The van der Waals surface area contributed by atoms with Crippen molar-refractivity contribution in [2.24, 2.45) is 20.8 Å². The predicted octanol–water partition coefficient (Wildman–Crippen LogP) is 11.0. The van der Waals surface area contributed by atoms with E-state index >= 15 is 0 Å². The first-order valence-electron chi connectivity index (χ1n) is 38.1. The number of isothiocyanates is 2. The Morgan fingerprint density at radius 1 is 0.492 bits per heavy atom. The van der Waals surface area contributed by atoms with Gasteiger partial charge in [0.2, 0.25) is 11.5 Å². The van der Waals surface area contributed by atoms with Crippen molar-refractivity contribution >= 4 is 269 Å². The number of benzene rings is 5. The van der Waals surface area contributed by atoms with Crippen LogP contribution < -0.4 is 75.0 Å². The number of aromatic nitrogens is 5. The van der Waals surface area contributed by atoms with E-state index < -0.39 is 56.0 Å². The minimum absolute atomic E-state index is 0. The molecule has 0 spiro atoms. The molecule has 124 heavy (non-hydrogen) atoms. The van der Waals surface area contributed by atoms with Gasteiger partial charge in [0, 0.05) is 187 Å². The number of aliphatic imine (C=N–C) groups is 2. The number of halogens is 7. The standard InChI is InChI=1S/C28H36N6O10S.C14H15N3OS.C13H15N5O.C13H17N3O.C10H10N2O.C4H9I.I3.I2.HI/c1-19-11-24(36)34(6-2-5-29-18-45)22-12-20(3-4-21(19)22)30-23(35)13-32(15-26(39)40)9-7-31(14-25(37)38)8-10-33(16-27(41)42)17-28(43)44;1-10-7-14(18)17(6-2-5-16-9-19)13-8-11(15)3-4-12(10)13;1-9-7-13(19)18(6-2-5-16-17-15)12-8-10(14)3-4-11(9)12;1-9-7-13(17)16(6-2-5-14)12-8-10(15)3-4-11(9)12;1-6-4-10(13)12-9-5-7(11)2-3-8(6)9;1-2-3-4-5;1-3-2;1-2;/h3-4,11-12H,2,5-10,13-17H2,1H3,(H,30,35)(H,37,38)(H,39,40)(H,41,42)(H,43,44);3-4,7-8H,2,5-6,15H2,1H3;3-4,7-8H,2,5-6,14H2,1H3;3-4,7-8H,2,5-6,14-15H2,1H3;2-5H,11H2,1H3,(H,12,13);2-4H2,1H3;;;1H/q;;;;;;-1;;. The quantitative estimate of drug-likeness (QED) is 0.00205. The number of H-pyrrole nitrogens is 1. The number of nitrogens with one attached hydrogen (secondary N) is 2. The van der Waals surface area contributed by atoms with Crippen molar-refractivity contribution in [2.75, 3.05) is 118 Å². The van der Waals surface area contributed by atoms with Crippen LogP contribution in [0.2, 0.25) is 0 Å². The summed E-state index contributed by atoms with van der Waals surface area (Å²) in [5.74, 6) is -5.46. The van der Waals surface area contributed by atoms with Crippen LogP contribution in [0.1, 0.15) is 73.3 Å². The molecule has 42 heteroatoms. The summed E-state index contributed by atoms with van der Waals surface area (Å²) in [5.41, 5.74) is 47.9. The second kappa shape index (κ2) is 61.9. The van der Waals surface area contributed by atoms with Crippen molar-refractivity contribution in [1.82, 2.24) is 38.0 Å². The molecule has 10 aromatic rings. The number of nitrogens with two attached hydrogens (primary N) is 5. The number of aliphatic carboxylic acids is 4. The molecule has 10 rings (SSSR count). The van der Waals surface area contributed by atoms with Gasteiger partial charge in [-0.15, -0.1) is 24.0 Å². The summed E-state index contributed by atoms with van der Waals surface area (Å²) < 4.78 is 8.03. The van der Waals surface area contributed by atoms with Gasteiger partial charge in [-0.3, -0.25) is 62.6 Å². The molecule has 0 aliphatic heterocycles. The number of rotatable bonds is 34. The van der Waals surface area contributed by atoms with Crippen LogP contribution in [0.25, 0.3) is 65.0 Å². The number of nitrogen functional groups attached to an aromatic ring is 4. The number of carbonyl (C=O) groups is 5. The van der Waals surface area contributed by atoms with Crippen molar-refractivity contribution in [2.45, 2.75) is 106 Å². The molecular weight excluding hydrogens is 2430 g/mol. The van der Waals surface area contributed by atoms with Gasteiger partial charge in [0.15, 0.2) is 0 Å². The van der Waals surface area contributed by atoms with Crippen molar-refractivity contribution < 1.29 is 57.7 Å². The van der Waals surface area contributed by atoms with Crippen molar-refractivity contribution in [1.29, 1.82) is 0 Å². The van der Waals surface area contributed by atoms with Crippen LogP contribution in [0.4, 0.5) is 28.4 Å². The normalized spacial score (nSPS) is 10.4. The Morgan fingerprint density at radius 3 is 1.16 bits per heavy atom. The first-order valence-corrected chi connectivity index (χ1v) is 59.3. The first kappa shape index (κ1) is 113. The Bertz CT molecular complexity index is 5560. The number of carboxylic acids is 4. The average Bonchev–Trinajstić information content (AvgIpc) is 0.879. The number of hydrogen-bond acceptors (Lipinski definition) is 23. The van der Waals surface area contributed by atoms with E-state index in [0.717, 1.165) is 94.6 Å². The third-order valence-corrected chi connectivity index (χ3v) is 19.2. The fourth-order valence-corrected chi connectivity index (χ4v) is 13.5. The van der Waals surface area contributed by atoms with Crippen LogP contribution in [0.15, 0.2) is 160 Å². The van der Waals surface area contributed by atoms with Crippen LogP contribution in [0.5, 0.6) is 0 Å². The number of hydrogen-bond donors (Lipinski definition) is 11. The fourth-order valence-electron chi connectivity index (χ4n) is 12.6. The van der Waals surface area contributed by atoms with Crippen LogP contribution in [-0.4, -0.2) is 188 Å². The number of thiocarbonyl (C=S) groups is 2. The van der Waals surface area contributed by atoms with Gasteiger partial charge in [-0.25, -0.2) is 9.98 Å². The first-order chi connectivity index (χ1) is 58.7. The van der Waals surface area contributed by atoms with Gasteiger partial charge in [0.25, 0.3) is 22.2 Å². The van der Waals surface area contributed by atoms with Gasteiger partial charge < -0.3 is 77.7 Å². The molecule has 0 aliphatic carbocycles. The maximum absolute atomic E-state index is 13.0. The summed E-state index contributed by atoms with van der Waals surface area (Å²) in [6, 6.07) is 35.5. The maximum atomic E-state index is 13.0. The van der Waals surface area contributed by atoms with E-state index in [4.69, 9.17) is 44.4 Å². The van der Waals surface area contributed by atoms with E-state index in [1.54, 1.807) is 79.8 Å². The summed E-state index contributed by atoms with van der Waals surface area (Å²) in [5, 5.41) is 52.5. The number of alkyl halides is 1. The topological polar surface area (TPSA) is 512 Å². The van der Waals surface area contributed by atoms with Crippen molar-refractivity contribution in [3.05, 3.63) is 211 Å². The molecule has 5 aromatic heterocycles. The number of nitrogens with zero attached hydrogens (tertiary/aromatic N) is 12. The van der Waals surface area contributed by atoms with Crippen molar-refractivity contribution in [3.8, 4) is 0 Å². The summed E-state index contributed by atoms with van der Waals surface area (Å²) in [7, 11) is 0. The monoisotopic (exact) mass is 2530 g/mol. The van der Waals surface area contributed by atoms with Gasteiger partial charge >= 0.3 is 74.4 Å². The number of carboxylic acid groups (broad SMARTS) is 4. The predicted molar refractivity (Wildman–Crippen MR) is 554 cm³/mol. The molecule has 16 N–H and O–H groups in total. The number of azide groups is 1. The number of fused-ring (bicyclic) bond motifs is 5. The number of amides is 1. The zero-order valence-electron chi connectivity index (χ0n) is 69.1. The summed E-state index contributed by atoms with van der Waals surface area (Å²) >= 11 is 21.0. The van der Waals surface area contributed by atoms with E-state index in [9.17, 15) is 58.2 Å². The minimum atomic E-state index is -1.25. The van der Waals surface area contributed by atoms with Gasteiger partial charge in [0.1, 0.15) is 0 Å². The Balaban J connectivity index is 0.000000548. The number of carbonyl (C=O) groups excluding carboxylic acids is 1. The van der Waals surface area contributed by atoms with Gasteiger partial charge in [-0.2, -0.15) is 0 Å². The molecule has 0 bridgehead atoms. The molecule has 0 fully saturated rings. The van der Waals surface area contributed by atoms with Crippen LogP contribution in [0, 0.1) is 34.6 Å². The number of aryl methyl sites for hydroxylation is 9. The SMILES string of the molecule is CCCCI.Cc1cc(=O)[nH]c2cc(N)ccc12.Cc1cc(=O)n(CCCN)c2cc(N)ccc12.Cc1cc(=O)n(CCCN=C=S)c2cc(N)ccc12.Cc1cc(=O)n(CCCN=C=S)c2cc(NC(=O)CN(CCN(CCN(CC(=O)O)CC(=O)O)CC(=O)O)CC(=O)O)ccc12.Cc1cc(=O)n(CCCN=[N+]=[N-])c2cc(N)ccc12.I.II.I[I-]I. The third kappa shape index (κ3) is 40.3. The zero-order valence-corrected chi connectivity index (χ0v) is 86.0. The Labute approximate surface area is 810 Å². The Hall–Kier alpha value is -7.44. The van der Waals surface area contributed by atoms with Gasteiger partial charge in [0.05, 0.1) is 83.7 Å².